The first-order valence-corrected chi connectivity index (χ1v) is 7.01. The molecular weight excluding hydrogens is 240 g/mol. The molecule has 0 N–H and O–H groups in total. The minimum atomic E-state index is -0.0955. The maximum atomic E-state index is 12.0. The summed E-state index contributed by atoms with van der Waals surface area (Å²) < 4.78 is 10.6. The van der Waals surface area contributed by atoms with E-state index in [0.717, 1.165) is 37.0 Å². The Hall–Kier alpha value is -1.51. The summed E-state index contributed by atoms with van der Waals surface area (Å²) in [6.45, 7) is 4.45. The van der Waals surface area contributed by atoms with Crippen molar-refractivity contribution in [2.45, 2.75) is 46.1 Å². The number of methoxy groups -OCH3 is 1. The average Bonchev–Trinajstić information content (AvgIpc) is 2.46. The van der Waals surface area contributed by atoms with Crippen molar-refractivity contribution < 1.29 is 14.3 Å². The number of hydrogen-bond acceptors (Lipinski definition) is 3. The zero-order valence-corrected chi connectivity index (χ0v) is 12.1. The molecule has 1 rings (SSSR count). The molecule has 3 heteroatoms. The monoisotopic (exact) mass is 264 g/mol. The number of carbonyl (C=O) groups excluding carboxylic acids is 1. The molecular formula is C16H24O3. The van der Waals surface area contributed by atoms with Gasteiger partial charge >= 0.3 is 5.97 Å². The lowest BCUT2D eigenvalue weighted by molar-refractivity contribution is -0.150. The maximum absolute atomic E-state index is 12.0. The third-order valence-electron chi connectivity index (χ3n) is 3.29. The molecule has 1 aromatic carbocycles. The number of unbranched alkanes of at least 4 members (excludes halogenated alkanes) is 1. The van der Waals surface area contributed by atoms with Gasteiger partial charge in [0, 0.05) is 5.56 Å². The molecule has 0 aromatic heterocycles. The fourth-order valence-corrected chi connectivity index (χ4v) is 2.03. The summed E-state index contributed by atoms with van der Waals surface area (Å²) in [5.41, 5.74) is 0.906. The van der Waals surface area contributed by atoms with E-state index in [1.54, 1.807) is 7.11 Å². The standard InChI is InChI=1S/C16H24O3/c1-4-6-9-13(5-2)16(17)19-12-14-10-7-8-11-15(14)18-3/h7-8,10-11,13H,4-6,9,12H2,1-3H3. The lowest BCUT2D eigenvalue weighted by Crippen LogP contribution is -2.17. The normalized spacial score (nSPS) is 11.9. The Morgan fingerprint density at radius 3 is 2.63 bits per heavy atom. The second-order valence-corrected chi connectivity index (χ2v) is 4.67. The molecule has 0 amide bonds. The second kappa shape index (κ2) is 8.57. The molecule has 0 aliphatic heterocycles. The number of hydrogen-bond donors (Lipinski definition) is 0. The van der Waals surface area contributed by atoms with Gasteiger partial charge in [0.25, 0.3) is 0 Å². The summed E-state index contributed by atoms with van der Waals surface area (Å²) in [5, 5.41) is 0. The molecule has 0 aliphatic rings. The largest absolute Gasteiger partial charge is 0.496 e. The van der Waals surface area contributed by atoms with Gasteiger partial charge in [-0.05, 0) is 18.9 Å². The summed E-state index contributed by atoms with van der Waals surface area (Å²) in [6, 6.07) is 7.61. The van der Waals surface area contributed by atoms with Crippen LogP contribution in [-0.2, 0) is 16.1 Å². The van der Waals surface area contributed by atoms with Crippen molar-refractivity contribution in [3.63, 3.8) is 0 Å². The van der Waals surface area contributed by atoms with Gasteiger partial charge in [-0.1, -0.05) is 44.9 Å². The van der Waals surface area contributed by atoms with E-state index in [-0.39, 0.29) is 18.5 Å². The van der Waals surface area contributed by atoms with Crippen molar-refractivity contribution in [2.75, 3.05) is 7.11 Å². The van der Waals surface area contributed by atoms with Gasteiger partial charge in [-0.3, -0.25) is 4.79 Å². The molecule has 19 heavy (non-hydrogen) atoms. The molecule has 1 atom stereocenters. The molecule has 106 valence electrons. The van der Waals surface area contributed by atoms with Crippen LogP contribution < -0.4 is 4.74 Å². The highest BCUT2D eigenvalue weighted by Crippen LogP contribution is 2.20. The summed E-state index contributed by atoms with van der Waals surface area (Å²) in [4.78, 5) is 12.0. The van der Waals surface area contributed by atoms with Crippen LogP contribution in [0.3, 0.4) is 0 Å². The van der Waals surface area contributed by atoms with Crippen LogP contribution in [0.25, 0.3) is 0 Å². The molecule has 0 saturated heterocycles. The van der Waals surface area contributed by atoms with Crippen LogP contribution in [0.5, 0.6) is 5.75 Å². The predicted octanol–water partition coefficient (Wildman–Crippen LogP) is 3.95. The minimum Gasteiger partial charge on any atom is -0.496 e. The summed E-state index contributed by atoms with van der Waals surface area (Å²) >= 11 is 0. The molecule has 1 aromatic rings. The van der Waals surface area contributed by atoms with Crippen LogP contribution in [0.15, 0.2) is 24.3 Å². The fourth-order valence-electron chi connectivity index (χ4n) is 2.03. The van der Waals surface area contributed by atoms with E-state index in [2.05, 4.69) is 6.92 Å². The van der Waals surface area contributed by atoms with Gasteiger partial charge in [0.15, 0.2) is 0 Å². The Morgan fingerprint density at radius 1 is 1.26 bits per heavy atom. The van der Waals surface area contributed by atoms with E-state index in [9.17, 15) is 4.79 Å². The highest BCUT2D eigenvalue weighted by molar-refractivity contribution is 5.72. The van der Waals surface area contributed by atoms with Crippen LogP contribution >= 0.6 is 0 Å². The quantitative estimate of drug-likeness (QED) is 0.667. The number of carbonyl (C=O) groups is 1. The Morgan fingerprint density at radius 2 is 2.00 bits per heavy atom. The molecule has 3 nitrogen and oxygen atoms in total. The van der Waals surface area contributed by atoms with Crippen molar-refractivity contribution in [3.8, 4) is 5.75 Å². The number of rotatable bonds is 8. The van der Waals surface area contributed by atoms with Gasteiger partial charge in [0.05, 0.1) is 13.0 Å². The number of para-hydroxylation sites is 1. The van der Waals surface area contributed by atoms with Gasteiger partial charge in [-0.25, -0.2) is 0 Å². The third kappa shape index (κ3) is 4.93. The van der Waals surface area contributed by atoms with Crippen LogP contribution in [-0.4, -0.2) is 13.1 Å². The minimum absolute atomic E-state index is 0.0228. The summed E-state index contributed by atoms with van der Waals surface area (Å²) in [7, 11) is 1.62. The van der Waals surface area contributed by atoms with Gasteiger partial charge in [-0.2, -0.15) is 0 Å². The van der Waals surface area contributed by atoms with Gasteiger partial charge in [0.1, 0.15) is 12.4 Å². The molecule has 0 heterocycles. The lowest BCUT2D eigenvalue weighted by Gasteiger charge is -2.14. The van der Waals surface area contributed by atoms with Crippen LogP contribution in [0.2, 0.25) is 0 Å². The molecule has 0 bridgehead atoms. The van der Waals surface area contributed by atoms with Crippen molar-refractivity contribution in [1.82, 2.24) is 0 Å². The van der Waals surface area contributed by atoms with E-state index < -0.39 is 0 Å². The molecule has 0 radical (unpaired) electrons. The average molecular weight is 264 g/mol. The SMILES string of the molecule is CCCCC(CC)C(=O)OCc1ccccc1OC. The Bertz CT molecular complexity index is 387. The van der Waals surface area contributed by atoms with E-state index in [4.69, 9.17) is 9.47 Å². The molecule has 1 unspecified atom stereocenters. The zero-order valence-electron chi connectivity index (χ0n) is 12.1. The van der Waals surface area contributed by atoms with Crippen molar-refractivity contribution in [3.05, 3.63) is 29.8 Å². The highest BCUT2D eigenvalue weighted by Gasteiger charge is 2.17. The van der Waals surface area contributed by atoms with E-state index in [1.165, 1.54) is 0 Å². The Balaban J connectivity index is 2.52. The predicted molar refractivity (Wildman–Crippen MR) is 76.1 cm³/mol. The topological polar surface area (TPSA) is 35.5 Å². The summed E-state index contributed by atoms with van der Waals surface area (Å²) in [6.07, 6.45) is 3.93. The Kier molecular flexibility index (Phi) is 7.01. The van der Waals surface area contributed by atoms with Gasteiger partial charge in [0.2, 0.25) is 0 Å². The Labute approximate surface area is 115 Å². The molecule has 0 spiro atoms. The molecule has 0 fully saturated rings. The van der Waals surface area contributed by atoms with Crippen LogP contribution in [0.4, 0.5) is 0 Å². The first-order valence-electron chi connectivity index (χ1n) is 7.01. The molecule has 0 aliphatic carbocycles. The van der Waals surface area contributed by atoms with E-state index in [0.29, 0.717) is 0 Å². The highest BCUT2D eigenvalue weighted by atomic mass is 16.5. The van der Waals surface area contributed by atoms with Gasteiger partial charge in [-0.15, -0.1) is 0 Å². The van der Waals surface area contributed by atoms with Crippen molar-refractivity contribution in [2.24, 2.45) is 5.92 Å². The maximum Gasteiger partial charge on any atom is 0.309 e. The van der Waals surface area contributed by atoms with Crippen molar-refractivity contribution in [1.29, 1.82) is 0 Å². The van der Waals surface area contributed by atoms with Gasteiger partial charge < -0.3 is 9.47 Å². The van der Waals surface area contributed by atoms with Crippen LogP contribution in [0, 0.1) is 5.92 Å². The van der Waals surface area contributed by atoms with E-state index >= 15 is 0 Å². The smallest absolute Gasteiger partial charge is 0.309 e. The summed E-state index contributed by atoms with van der Waals surface area (Å²) in [5.74, 6) is 0.688. The number of benzene rings is 1. The van der Waals surface area contributed by atoms with Crippen molar-refractivity contribution >= 4 is 5.97 Å². The first-order chi connectivity index (χ1) is 9.22. The number of esters is 1. The molecule has 0 saturated carbocycles. The zero-order chi connectivity index (χ0) is 14.1. The lowest BCUT2D eigenvalue weighted by atomic mass is 10.00. The first kappa shape index (κ1) is 15.5. The van der Waals surface area contributed by atoms with Crippen LogP contribution in [0.1, 0.15) is 45.1 Å². The second-order valence-electron chi connectivity index (χ2n) is 4.67. The fraction of sp³-hybridized carbons (Fsp3) is 0.562. The van der Waals surface area contributed by atoms with E-state index in [1.807, 2.05) is 31.2 Å². The number of ether oxygens (including phenoxy) is 2. The third-order valence-corrected chi connectivity index (χ3v) is 3.29.